The number of hydrogen-bond acceptors (Lipinski definition) is 2. The van der Waals surface area contributed by atoms with E-state index >= 15 is 0 Å². The summed E-state index contributed by atoms with van der Waals surface area (Å²) in [7, 11) is 0. The van der Waals surface area contributed by atoms with E-state index in [0.29, 0.717) is 19.8 Å². The zero-order chi connectivity index (χ0) is 18.1. The molecule has 0 radical (unpaired) electrons. The highest BCUT2D eigenvalue weighted by Crippen LogP contribution is 2.39. The van der Waals surface area contributed by atoms with Crippen LogP contribution in [0.1, 0.15) is 57.6 Å². The van der Waals surface area contributed by atoms with Crippen LogP contribution in [0.3, 0.4) is 0 Å². The third-order valence-corrected chi connectivity index (χ3v) is 4.65. The lowest BCUT2D eigenvalue weighted by Crippen LogP contribution is -2.39. The molecule has 1 aromatic carbocycles. The first kappa shape index (κ1) is 19.5. The van der Waals surface area contributed by atoms with E-state index in [1.165, 1.54) is 24.3 Å². The van der Waals surface area contributed by atoms with Gasteiger partial charge in [-0.3, -0.25) is 4.79 Å². The molecule has 0 saturated carbocycles. The van der Waals surface area contributed by atoms with Crippen LogP contribution in [0.5, 0.6) is 0 Å². The van der Waals surface area contributed by atoms with Crippen LogP contribution in [0, 0.1) is 5.41 Å². The van der Waals surface area contributed by atoms with Gasteiger partial charge in [-0.25, -0.2) is 0 Å². The molecule has 6 heteroatoms. The van der Waals surface area contributed by atoms with Gasteiger partial charge in [0.2, 0.25) is 0 Å². The molecular formula is C17H23F3O3. The normalized spacial score (nSPS) is 18.8. The fourth-order valence-corrected chi connectivity index (χ4v) is 2.48. The number of rotatable bonds is 6. The van der Waals surface area contributed by atoms with Gasteiger partial charge in [-0.1, -0.05) is 38.1 Å². The van der Waals surface area contributed by atoms with Crippen LogP contribution in [0.25, 0.3) is 0 Å². The number of carbonyl (C=O) groups is 1. The molecule has 1 rings (SSSR count). The minimum Gasteiger partial charge on any atom is -0.481 e. The summed E-state index contributed by atoms with van der Waals surface area (Å²) in [6, 6.07) is 5.50. The zero-order valence-corrected chi connectivity index (χ0v) is 13.7. The average molecular weight is 332 g/mol. The van der Waals surface area contributed by atoms with Crippen molar-refractivity contribution in [2.75, 3.05) is 0 Å². The van der Waals surface area contributed by atoms with E-state index in [2.05, 4.69) is 0 Å². The summed E-state index contributed by atoms with van der Waals surface area (Å²) in [5.41, 5.74) is -3.28. The second-order valence-corrected chi connectivity index (χ2v) is 6.52. The molecule has 0 fully saturated rings. The Hall–Kier alpha value is -1.56. The molecule has 3 atom stereocenters. The van der Waals surface area contributed by atoms with Crippen LogP contribution in [-0.2, 0) is 10.4 Å². The van der Waals surface area contributed by atoms with Gasteiger partial charge in [0.15, 0.2) is 5.60 Å². The molecule has 0 heterocycles. The number of benzene rings is 1. The summed E-state index contributed by atoms with van der Waals surface area (Å²) >= 11 is 0. The molecule has 2 N–H and O–H groups in total. The monoisotopic (exact) mass is 332 g/mol. The van der Waals surface area contributed by atoms with Crippen molar-refractivity contribution in [3.8, 4) is 0 Å². The SMILES string of the molecule is CCC(C)(CC(C)c1ccc(C(C)(O)C(F)(F)F)cc1)C(=O)O. The van der Waals surface area contributed by atoms with E-state index in [4.69, 9.17) is 0 Å². The van der Waals surface area contributed by atoms with Crippen molar-refractivity contribution in [2.24, 2.45) is 5.41 Å². The lowest BCUT2D eigenvalue weighted by Gasteiger charge is -2.28. The number of hydrogen-bond donors (Lipinski definition) is 2. The van der Waals surface area contributed by atoms with Crippen LogP contribution in [0.4, 0.5) is 13.2 Å². The second-order valence-electron chi connectivity index (χ2n) is 6.52. The molecule has 130 valence electrons. The van der Waals surface area contributed by atoms with E-state index in [0.717, 1.165) is 5.56 Å². The highest BCUT2D eigenvalue weighted by molar-refractivity contribution is 5.74. The van der Waals surface area contributed by atoms with Crippen LogP contribution in [-0.4, -0.2) is 22.4 Å². The molecule has 0 aliphatic rings. The van der Waals surface area contributed by atoms with Gasteiger partial charge < -0.3 is 10.2 Å². The van der Waals surface area contributed by atoms with Crippen molar-refractivity contribution in [1.29, 1.82) is 0 Å². The Morgan fingerprint density at radius 3 is 2.00 bits per heavy atom. The van der Waals surface area contributed by atoms with Crippen LogP contribution < -0.4 is 0 Å². The maximum Gasteiger partial charge on any atom is 0.421 e. The largest absolute Gasteiger partial charge is 0.481 e. The summed E-state index contributed by atoms with van der Waals surface area (Å²) in [5.74, 6) is -1.01. The molecule has 0 aromatic heterocycles. The van der Waals surface area contributed by atoms with Crippen LogP contribution in [0.2, 0.25) is 0 Å². The van der Waals surface area contributed by atoms with E-state index in [1.807, 2.05) is 6.92 Å². The molecule has 3 unspecified atom stereocenters. The summed E-state index contributed by atoms with van der Waals surface area (Å²) in [6.07, 6.45) is -3.91. The third-order valence-electron chi connectivity index (χ3n) is 4.65. The Kier molecular flexibility index (Phi) is 5.52. The summed E-state index contributed by atoms with van der Waals surface area (Å²) < 4.78 is 38.5. The predicted octanol–water partition coefficient (Wildman–Crippen LogP) is 4.45. The summed E-state index contributed by atoms with van der Waals surface area (Å²) in [5, 5.41) is 19.0. The number of carboxylic acids is 1. The van der Waals surface area contributed by atoms with Crippen molar-refractivity contribution in [2.45, 2.75) is 58.2 Å². The third kappa shape index (κ3) is 4.05. The molecule has 23 heavy (non-hydrogen) atoms. The van der Waals surface area contributed by atoms with Gasteiger partial charge in [-0.05, 0) is 43.7 Å². The number of aliphatic carboxylic acids is 1. The lowest BCUT2D eigenvalue weighted by atomic mass is 9.77. The zero-order valence-electron chi connectivity index (χ0n) is 13.7. The standard InChI is InChI=1S/C17H23F3O3/c1-5-15(3,14(21)22)10-11(2)12-6-8-13(9-7-12)16(4,23)17(18,19)20/h6-9,11,23H,5,10H2,1-4H3,(H,21,22). The number of carboxylic acid groups (broad SMARTS) is 1. The quantitative estimate of drug-likeness (QED) is 0.809. The van der Waals surface area contributed by atoms with Crippen molar-refractivity contribution in [3.05, 3.63) is 35.4 Å². The highest BCUT2D eigenvalue weighted by Gasteiger charge is 2.51. The first-order valence-corrected chi connectivity index (χ1v) is 7.48. The van der Waals surface area contributed by atoms with E-state index in [9.17, 15) is 28.2 Å². The predicted molar refractivity (Wildman–Crippen MR) is 81.1 cm³/mol. The topological polar surface area (TPSA) is 57.5 Å². The number of aliphatic hydroxyl groups is 1. The first-order chi connectivity index (χ1) is 10.3. The lowest BCUT2D eigenvalue weighted by molar-refractivity contribution is -0.258. The molecule has 0 aliphatic heterocycles. The smallest absolute Gasteiger partial charge is 0.421 e. The Bertz CT molecular complexity index is 549. The molecule has 0 amide bonds. The molecule has 1 aromatic rings. The van der Waals surface area contributed by atoms with Crippen molar-refractivity contribution in [1.82, 2.24) is 0 Å². The molecule has 0 spiro atoms. The van der Waals surface area contributed by atoms with E-state index < -0.39 is 23.2 Å². The number of halogens is 3. The van der Waals surface area contributed by atoms with Crippen molar-refractivity contribution >= 4 is 5.97 Å². The first-order valence-electron chi connectivity index (χ1n) is 7.48. The van der Waals surface area contributed by atoms with Gasteiger partial charge in [0.25, 0.3) is 0 Å². The van der Waals surface area contributed by atoms with E-state index in [1.54, 1.807) is 13.8 Å². The summed E-state index contributed by atoms with van der Waals surface area (Å²) in [4.78, 5) is 11.4. The van der Waals surface area contributed by atoms with Gasteiger partial charge in [0.05, 0.1) is 5.41 Å². The maximum absolute atomic E-state index is 12.8. The van der Waals surface area contributed by atoms with Gasteiger partial charge >= 0.3 is 12.1 Å². The van der Waals surface area contributed by atoms with Gasteiger partial charge in [0, 0.05) is 0 Å². The van der Waals surface area contributed by atoms with Gasteiger partial charge in [-0.2, -0.15) is 13.2 Å². The van der Waals surface area contributed by atoms with Crippen molar-refractivity contribution < 1.29 is 28.2 Å². The highest BCUT2D eigenvalue weighted by atomic mass is 19.4. The molecule has 0 saturated heterocycles. The number of alkyl halides is 3. The molecular weight excluding hydrogens is 309 g/mol. The molecule has 0 bridgehead atoms. The molecule has 0 aliphatic carbocycles. The van der Waals surface area contributed by atoms with Crippen molar-refractivity contribution in [3.63, 3.8) is 0 Å². The van der Waals surface area contributed by atoms with Gasteiger partial charge in [-0.15, -0.1) is 0 Å². The van der Waals surface area contributed by atoms with Crippen LogP contribution >= 0.6 is 0 Å². The Balaban J connectivity index is 2.99. The Morgan fingerprint density at radius 1 is 1.17 bits per heavy atom. The van der Waals surface area contributed by atoms with Crippen LogP contribution in [0.15, 0.2) is 24.3 Å². The Labute approximate surface area is 134 Å². The second kappa shape index (κ2) is 6.51. The van der Waals surface area contributed by atoms with E-state index in [-0.39, 0.29) is 11.5 Å². The minimum absolute atomic E-state index is 0.124. The minimum atomic E-state index is -4.76. The molecule has 3 nitrogen and oxygen atoms in total. The fourth-order valence-electron chi connectivity index (χ4n) is 2.48. The fraction of sp³-hybridized carbons (Fsp3) is 0.588. The summed E-state index contributed by atoms with van der Waals surface area (Å²) in [6.45, 7) is 6.01. The van der Waals surface area contributed by atoms with Gasteiger partial charge in [0.1, 0.15) is 0 Å². The maximum atomic E-state index is 12.8. The average Bonchev–Trinajstić information content (AvgIpc) is 2.45. The Morgan fingerprint density at radius 2 is 1.65 bits per heavy atom.